The Kier molecular flexibility index (Phi) is 4.31. The molecule has 0 saturated carbocycles. The predicted octanol–water partition coefficient (Wildman–Crippen LogP) is 1.64. The molecule has 0 radical (unpaired) electrons. The lowest BCUT2D eigenvalue weighted by atomic mass is 10.1. The molecule has 1 amide bonds. The molecule has 5 nitrogen and oxygen atoms in total. The molecule has 1 rings (SSSR count). The number of carboxylic acid groups (broad SMARTS) is 1. The highest BCUT2D eigenvalue weighted by Gasteiger charge is 2.27. The van der Waals surface area contributed by atoms with Gasteiger partial charge in [-0.3, -0.25) is 4.79 Å². The first-order valence-electron chi connectivity index (χ1n) is 5.68. The van der Waals surface area contributed by atoms with Crippen LogP contribution in [0, 0.1) is 6.92 Å². The van der Waals surface area contributed by atoms with Crippen LogP contribution in [0.3, 0.4) is 0 Å². The van der Waals surface area contributed by atoms with Crippen molar-refractivity contribution in [2.45, 2.75) is 26.3 Å². The largest absolute Gasteiger partial charge is 0.507 e. The van der Waals surface area contributed by atoms with E-state index in [1.54, 1.807) is 26.0 Å². The molecule has 0 bridgehead atoms. The van der Waals surface area contributed by atoms with Gasteiger partial charge in [0.15, 0.2) is 0 Å². The maximum absolute atomic E-state index is 12.1. The molecule has 1 aromatic rings. The van der Waals surface area contributed by atoms with Gasteiger partial charge in [0.2, 0.25) is 0 Å². The van der Waals surface area contributed by atoms with Crippen molar-refractivity contribution in [3.05, 3.63) is 29.3 Å². The van der Waals surface area contributed by atoms with Crippen molar-refractivity contribution in [2.24, 2.45) is 0 Å². The fourth-order valence-electron chi connectivity index (χ4n) is 1.78. The van der Waals surface area contributed by atoms with Crippen LogP contribution in [0.1, 0.15) is 29.3 Å². The first kappa shape index (κ1) is 14.0. The minimum absolute atomic E-state index is 0.102. The molecule has 98 valence electrons. The molecule has 1 unspecified atom stereocenters. The maximum atomic E-state index is 12.1. The summed E-state index contributed by atoms with van der Waals surface area (Å²) in [6.45, 7) is 3.37. The lowest BCUT2D eigenvalue weighted by Gasteiger charge is -2.24. The van der Waals surface area contributed by atoms with E-state index in [2.05, 4.69) is 0 Å². The minimum atomic E-state index is -1.06. The molecule has 1 atom stereocenters. The molecule has 0 aliphatic carbocycles. The number of aliphatic carboxylic acids is 1. The molecule has 0 spiro atoms. The van der Waals surface area contributed by atoms with Gasteiger partial charge in [-0.2, -0.15) is 0 Å². The van der Waals surface area contributed by atoms with E-state index in [1.807, 2.05) is 0 Å². The molecule has 0 aromatic heterocycles. The average Bonchev–Trinajstić information content (AvgIpc) is 2.32. The summed E-state index contributed by atoms with van der Waals surface area (Å²) in [6.07, 6.45) is 0.310. The van der Waals surface area contributed by atoms with Gasteiger partial charge in [0.05, 0.1) is 5.56 Å². The van der Waals surface area contributed by atoms with Crippen LogP contribution in [-0.4, -0.2) is 40.1 Å². The Morgan fingerprint density at radius 3 is 2.50 bits per heavy atom. The lowest BCUT2D eigenvalue weighted by Crippen LogP contribution is -2.42. The van der Waals surface area contributed by atoms with Gasteiger partial charge in [-0.15, -0.1) is 0 Å². The van der Waals surface area contributed by atoms with Crippen molar-refractivity contribution in [1.29, 1.82) is 0 Å². The molecule has 0 aliphatic heterocycles. The van der Waals surface area contributed by atoms with E-state index in [0.717, 1.165) is 4.90 Å². The maximum Gasteiger partial charge on any atom is 0.326 e. The van der Waals surface area contributed by atoms with Crippen LogP contribution in [0.25, 0.3) is 0 Å². The first-order valence-corrected chi connectivity index (χ1v) is 5.68. The number of aryl methyl sites for hydroxylation is 1. The first-order chi connectivity index (χ1) is 8.40. The number of para-hydroxylation sites is 1. The summed E-state index contributed by atoms with van der Waals surface area (Å²) in [5.41, 5.74) is 0.704. The van der Waals surface area contributed by atoms with Crippen LogP contribution in [0.4, 0.5) is 0 Å². The van der Waals surface area contributed by atoms with Gasteiger partial charge in [0, 0.05) is 7.05 Å². The topological polar surface area (TPSA) is 77.8 Å². The fourth-order valence-corrected chi connectivity index (χ4v) is 1.78. The van der Waals surface area contributed by atoms with Gasteiger partial charge in [-0.25, -0.2) is 4.79 Å². The Hall–Kier alpha value is -2.04. The van der Waals surface area contributed by atoms with E-state index in [0.29, 0.717) is 12.0 Å². The van der Waals surface area contributed by atoms with Crippen LogP contribution in [-0.2, 0) is 4.79 Å². The number of nitrogens with zero attached hydrogens (tertiary/aromatic N) is 1. The fraction of sp³-hybridized carbons (Fsp3) is 0.385. The van der Waals surface area contributed by atoms with Gasteiger partial charge in [-0.1, -0.05) is 19.1 Å². The molecule has 2 N–H and O–H groups in total. The quantitative estimate of drug-likeness (QED) is 0.852. The SMILES string of the molecule is CCC(C(=O)O)N(C)C(=O)c1cccc(C)c1O. The Bertz CT molecular complexity index is 470. The van der Waals surface area contributed by atoms with Crippen molar-refractivity contribution >= 4 is 11.9 Å². The number of hydrogen-bond acceptors (Lipinski definition) is 3. The van der Waals surface area contributed by atoms with Crippen LogP contribution in [0.15, 0.2) is 18.2 Å². The van der Waals surface area contributed by atoms with E-state index in [4.69, 9.17) is 5.11 Å². The third kappa shape index (κ3) is 2.61. The van der Waals surface area contributed by atoms with Crippen LogP contribution in [0.2, 0.25) is 0 Å². The molecule has 18 heavy (non-hydrogen) atoms. The molecule has 1 aromatic carbocycles. The molecule has 0 fully saturated rings. The predicted molar refractivity (Wildman–Crippen MR) is 66.7 cm³/mol. The van der Waals surface area contributed by atoms with Gasteiger partial charge >= 0.3 is 5.97 Å². The summed E-state index contributed by atoms with van der Waals surface area (Å²) in [5.74, 6) is -1.65. The second-order valence-electron chi connectivity index (χ2n) is 4.15. The smallest absolute Gasteiger partial charge is 0.326 e. The molecule has 5 heteroatoms. The number of hydrogen-bond donors (Lipinski definition) is 2. The highest BCUT2D eigenvalue weighted by Crippen LogP contribution is 2.23. The zero-order chi connectivity index (χ0) is 13.9. The third-order valence-electron chi connectivity index (χ3n) is 2.93. The van der Waals surface area contributed by atoms with Crippen LogP contribution < -0.4 is 0 Å². The number of rotatable bonds is 4. The van der Waals surface area contributed by atoms with Crippen molar-refractivity contribution in [1.82, 2.24) is 4.90 Å². The molecule has 0 heterocycles. The second kappa shape index (κ2) is 5.53. The Morgan fingerprint density at radius 1 is 1.39 bits per heavy atom. The van der Waals surface area contributed by atoms with Gasteiger partial charge < -0.3 is 15.1 Å². The Labute approximate surface area is 106 Å². The summed E-state index contributed by atoms with van der Waals surface area (Å²) in [6, 6.07) is 3.92. The number of amides is 1. The number of phenolic OH excluding ortho intramolecular Hbond substituents is 1. The number of carboxylic acids is 1. The van der Waals surface area contributed by atoms with Crippen LogP contribution >= 0.6 is 0 Å². The molecule has 0 aliphatic rings. The monoisotopic (exact) mass is 251 g/mol. The van der Waals surface area contributed by atoms with E-state index in [-0.39, 0.29) is 11.3 Å². The zero-order valence-electron chi connectivity index (χ0n) is 10.7. The molecular weight excluding hydrogens is 234 g/mol. The summed E-state index contributed by atoms with van der Waals surface area (Å²) < 4.78 is 0. The number of likely N-dealkylation sites (N-methyl/N-ethyl adjacent to an activating group) is 1. The van der Waals surface area contributed by atoms with Gasteiger partial charge in [0.1, 0.15) is 11.8 Å². The zero-order valence-corrected chi connectivity index (χ0v) is 10.7. The van der Waals surface area contributed by atoms with Crippen molar-refractivity contribution in [2.75, 3.05) is 7.05 Å². The van der Waals surface area contributed by atoms with Gasteiger partial charge in [-0.05, 0) is 25.0 Å². The highest BCUT2D eigenvalue weighted by molar-refractivity contribution is 5.99. The lowest BCUT2D eigenvalue weighted by molar-refractivity contribution is -0.142. The van der Waals surface area contributed by atoms with E-state index < -0.39 is 17.9 Å². The minimum Gasteiger partial charge on any atom is -0.507 e. The van der Waals surface area contributed by atoms with Crippen molar-refractivity contribution < 1.29 is 19.8 Å². The van der Waals surface area contributed by atoms with E-state index in [1.165, 1.54) is 13.1 Å². The molecule has 0 saturated heterocycles. The highest BCUT2D eigenvalue weighted by atomic mass is 16.4. The normalized spacial score (nSPS) is 11.9. The van der Waals surface area contributed by atoms with Crippen molar-refractivity contribution in [3.8, 4) is 5.75 Å². The summed E-state index contributed by atoms with van der Waals surface area (Å²) >= 11 is 0. The van der Waals surface area contributed by atoms with Gasteiger partial charge in [0.25, 0.3) is 5.91 Å². The summed E-state index contributed by atoms with van der Waals surface area (Å²) in [7, 11) is 1.42. The van der Waals surface area contributed by atoms with E-state index in [9.17, 15) is 14.7 Å². The third-order valence-corrected chi connectivity index (χ3v) is 2.93. The summed E-state index contributed by atoms with van der Waals surface area (Å²) in [5, 5.41) is 18.8. The second-order valence-corrected chi connectivity index (χ2v) is 4.15. The Morgan fingerprint density at radius 2 is 2.00 bits per heavy atom. The number of aromatic hydroxyl groups is 1. The Balaban J connectivity index is 3.07. The number of carbonyl (C=O) groups excluding carboxylic acids is 1. The number of carbonyl (C=O) groups is 2. The standard InChI is InChI=1S/C13H17NO4/c1-4-10(13(17)18)14(3)12(16)9-7-5-6-8(2)11(9)15/h5-7,10,15H,4H2,1-3H3,(H,17,18). The van der Waals surface area contributed by atoms with Crippen molar-refractivity contribution in [3.63, 3.8) is 0 Å². The molecular formula is C13H17NO4. The summed E-state index contributed by atoms with van der Waals surface area (Å²) in [4.78, 5) is 24.3. The average molecular weight is 251 g/mol. The van der Waals surface area contributed by atoms with E-state index >= 15 is 0 Å². The number of phenols is 1. The van der Waals surface area contributed by atoms with Crippen LogP contribution in [0.5, 0.6) is 5.75 Å². The number of benzene rings is 1.